The quantitative estimate of drug-likeness (QED) is 0.519. The predicted molar refractivity (Wildman–Crippen MR) is 49.6 cm³/mol. The first-order valence-corrected chi connectivity index (χ1v) is 4.72. The van der Waals surface area contributed by atoms with E-state index in [-0.39, 0.29) is 11.8 Å². The van der Waals surface area contributed by atoms with Crippen molar-refractivity contribution in [2.24, 2.45) is 11.7 Å². The van der Waals surface area contributed by atoms with Crippen LogP contribution in [0.25, 0.3) is 0 Å². The number of carbonyl (C=O) groups is 1. The van der Waals surface area contributed by atoms with E-state index in [0.29, 0.717) is 0 Å². The zero-order chi connectivity index (χ0) is 9.26. The average Bonchev–Trinajstić information content (AvgIpc) is 2.17. The lowest BCUT2D eigenvalue weighted by atomic mass is 9.86. The Labute approximate surface area is 77.6 Å². The Hall–Kier alpha value is -1.03. The van der Waals surface area contributed by atoms with Gasteiger partial charge in [0.15, 0.2) is 0 Å². The number of nitrogens with two attached hydrogens (primary N) is 1. The molecule has 1 atom stereocenters. The predicted octanol–water partition coefficient (Wildman–Crippen LogP) is -0.324. The van der Waals surface area contributed by atoms with Crippen LogP contribution in [0.15, 0.2) is 11.3 Å². The molecule has 72 valence electrons. The van der Waals surface area contributed by atoms with Crippen LogP contribution in [0, 0.1) is 5.92 Å². The Morgan fingerprint density at radius 2 is 2.38 bits per heavy atom. The van der Waals surface area contributed by atoms with Gasteiger partial charge in [0, 0.05) is 18.2 Å². The average molecular weight is 181 g/mol. The second-order valence-corrected chi connectivity index (χ2v) is 3.70. The van der Waals surface area contributed by atoms with Gasteiger partial charge in [-0.15, -0.1) is 0 Å². The molecule has 4 nitrogen and oxygen atoms in total. The van der Waals surface area contributed by atoms with Crippen LogP contribution in [-0.2, 0) is 4.79 Å². The minimum atomic E-state index is -0.160. The maximum Gasteiger partial charge on any atom is 0.220 e. The van der Waals surface area contributed by atoms with Gasteiger partial charge in [0.05, 0.1) is 6.67 Å². The van der Waals surface area contributed by atoms with E-state index in [4.69, 9.17) is 5.73 Å². The second kappa shape index (κ2) is 3.38. The fourth-order valence-electron chi connectivity index (χ4n) is 2.01. The van der Waals surface area contributed by atoms with Crippen molar-refractivity contribution in [1.29, 1.82) is 0 Å². The molecular weight excluding hydrogens is 166 g/mol. The number of primary amides is 1. The number of amides is 1. The fraction of sp³-hybridized carbons (Fsp3) is 0.667. The van der Waals surface area contributed by atoms with Crippen molar-refractivity contribution in [1.82, 2.24) is 10.6 Å². The molecule has 1 aliphatic heterocycles. The highest BCUT2D eigenvalue weighted by Gasteiger charge is 2.25. The maximum atomic E-state index is 11.0. The van der Waals surface area contributed by atoms with Crippen LogP contribution in [0.1, 0.15) is 19.3 Å². The Kier molecular flexibility index (Phi) is 2.22. The van der Waals surface area contributed by atoms with Gasteiger partial charge in [-0.05, 0) is 24.8 Å². The molecule has 2 rings (SSSR count). The van der Waals surface area contributed by atoms with Gasteiger partial charge in [0.25, 0.3) is 0 Å². The molecule has 4 N–H and O–H groups in total. The van der Waals surface area contributed by atoms with Crippen molar-refractivity contribution < 1.29 is 4.79 Å². The minimum Gasteiger partial charge on any atom is -0.376 e. The van der Waals surface area contributed by atoms with Gasteiger partial charge in [-0.3, -0.25) is 10.1 Å². The SMILES string of the molecule is NC(=O)C1CCC2=C(C1)NCNC2. The summed E-state index contributed by atoms with van der Waals surface area (Å²) in [4.78, 5) is 11.0. The van der Waals surface area contributed by atoms with Gasteiger partial charge in [0.2, 0.25) is 5.91 Å². The third-order valence-corrected chi connectivity index (χ3v) is 2.84. The smallest absolute Gasteiger partial charge is 0.220 e. The lowest BCUT2D eigenvalue weighted by Crippen LogP contribution is -2.40. The third kappa shape index (κ3) is 1.67. The van der Waals surface area contributed by atoms with Crippen molar-refractivity contribution in [3.63, 3.8) is 0 Å². The number of allylic oxidation sites excluding steroid dienone is 1. The van der Waals surface area contributed by atoms with Gasteiger partial charge in [-0.2, -0.15) is 0 Å². The zero-order valence-electron chi connectivity index (χ0n) is 7.60. The zero-order valence-corrected chi connectivity index (χ0v) is 7.60. The molecule has 1 heterocycles. The van der Waals surface area contributed by atoms with Crippen LogP contribution in [0.2, 0.25) is 0 Å². The first kappa shape index (κ1) is 8.56. The lowest BCUT2D eigenvalue weighted by Gasteiger charge is -2.30. The van der Waals surface area contributed by atoms with Gasteiger partial charge in [-0.25, -0.2) is 0 Å². The highest BCUT2D eigenvalue weighted by molar-refractivity contribution is 5.77. The maximum absolute atomic E-state index is 11.0. The number of nitrogens with one attached hydrogen (secondary N) is 2. The highest BCUT2D eigenvalue weighted by atomic mass is 16.1. The van der Waals surface area contributed by atoms with Gasteiger partial charge in [0.1, 0.15) is 0 Å². The Balaban J connectivity index is 2.09. The molecule has 1 amide bonds. The van der Waals surface area contributed by atoms with Crippen molar-refractivity contribution in [2.45, 2.75) is 19.3 Å². The summed E-state index contributed by atoms with van der Waals surface area (Å²) >= 11 is 0. The lowest BCUT2D eigenvalue weighted by molar-refractivity contribution is -0.122. The summed E-state index contributed by atoms with van der Waals surface area (Å²) < 4.78 is 0. The van der Waals surface area contributed by atoms with Crippen LogP contribution in [0.4, 0.5) is 0 Å². The molecule has 4 heteroatoms. The van der Waals surface area contributed by atoms with Crippen LogP contribution < -0.4 is 16.4 Å². The first-order valence-electron chi connectivity index (χ1n) is 4.72. The van der Waals surface area contributed by atoms with E-state index >= 15 is 0 Å². The minimum absolute atomic E-state index is 0.0457. The highest BCUT2D eigenvalue weighted by Crippen LogP contribution is 2.28. The van der Waals surface area contributed by atoms with E-state index in [2.05, 4.69) is 10.6 Å². The van der Waals surface area contributed by atoms with Gasteiger partial charge < -0.3 is 11.1 Å². The molecule has 0 aromatic rings. The van der Waals surface area contributed by atoms with E-state index in [1.807, 2.05) is 0 Å². The normalized spacial score (nSPS) is 27.8. The summed E-state index contributed by atoms with van der Waals surface area (Å²) in [6.07, 6.45) is 2.73. The monoisotopic (exact) mass is 181 g/mol. The third-order valence-electron chi connectivity index (χ3n) is 2.84. The molecule has 0 aromatic heterocycles. The summed E-state index contributed by atoms with van der Waals surface area (Å²) in [6.45, 7) is 1.78. The summed E-state index contributed by atoms with van der Waals surface area (Å²) in [7, 11) is 0. The molecule has 0 aromatic carbocycles. The summed E-state index contributed by atoms with van der Waals surface area (Å²) in [6, 6.07) is 0. The molecule has 0 spiro atoms. The van der Waals surface area contributed by atoms with Crippen LogP contribution in [0.5, 0.6) is 0 Å². The van der Waals surface area contributed by atoms with E-state index < -0.39 is 0 Å². The number of hydrogen-bond donors (Lipinski definition) is 3. The standard InChI is InChI=1S/C9H15N3O/c10-9(13)6-1-2-7-4-11-5-12-8(7)3-6/h6,11-12H,1-5H2,(H2,10,13). The number of rotatable bonds is 1. The Morgan fingerprint density at radius 3 is 3.15 bits per heavy atom. The van der Waals surface area contributed by atoms with E-state index in [1.54, 1.807) is 0 Å². The summed E-state index contributed by atoms with van der Waals surface area (Å²) in [5.41, 5.74) is 7.95. The van der Waals surface area contributed by atoms with Crippen molar-refractivity contribution in [2.75, 3.05) is 13.2 Å². The summed E-state index contributed by atoms with van der Waals surface area (Å²) in [5.74, 6) is -0.115. The molecular formula is C9H15N3O. The Bertz CT molecular complexity index is 260. The first-order chi connectivity index (χ1) is 6.27. The molecule has 0 bridgehead atoms. The molecule has 0 saturated carbocycles. The molecule has 1 aliphatic carbocycles. The fourth-order valence-corrected chi connectivity index (χ4v) is 2.01. The molecule has 13 heavy (non-hydrogen) atoms. The van der Waals surface area contributed by atoms with Crippen molar-refractivity contribution >= 4 is 5.91 Å². The van der Waals surface area contributed by atoms with Crippen LogP contribution >= 0.6 is 0 Å². The molecule has 0 saturated heterocycles. The van der Waals surface area contributed by atoms with E-state index in [9.17, 15) is 4.79 Å². The van der Waals surface area contributed by atoms with Gasteiger partial charge >= 0.3 is 0 Å². The van der Waals surface area contributed by atoms with E-state index in [1.165, 1.54) is 11.3 Å². The topological polar surface area (TPSA) is 67.2 Å². The largest absolute Gasteiger partial charge is 0.376 e. The molecule has 1 unspecified atom stereocenters. The Morgan fingerprint density at radius 1 is 1.54 bits per heavy atom. The second-order valence-electron chi connectivity index (χ2n) is 3.70. The van der Waals surface area contributed by atoms with Crippen molar-refractivity contribution in [3.8, 4) is 0 Å². The van der Waals surface area contributed by atoms with Crippen molar-refractivity contribution in [3.05, 3.63) is 11.3 Å². The number of hydrogen-bond acceptors (Lipinski definition) is 3. The van der Waals surface area contributed by atoms with Crippen LogP contribution in [-0.4, -0.2) is 19.1 Å². The number of carbonyl (C=O) groups excluding carboxylic acids is 1. The van der Waals surface area contributed by atoms with Gasteiger partial charge in [-0.1, -0.05) is 0 Å². The molecule has 2 aliphatic rings. The molecule has 0 fully saturated rings. The van der Waals surface area contributed by atoms with Crippen LogP contribution in [0.3, 0.4) is 0 Å². The summed E-state index contributed by atoms with van der Waals surface area (Å²) in [5, 5.41) is 6.51. The van der Waals surface area contributed by atoms with E-state index in [0.717, 1.165) is 32.5 Å². The molecule has 0 radical (unpaired) electrons.